The number of allylic oxidation sites excluding steroid dienone is 6. The molecule has 0 aromatic carbocycles. The molecule has 0 radical (unpaired) electrons. The third-order valence-electron chi connectivity index (χ3n) is 3.76. The Morgan fingerprint density at radius 1 is 1.23 bits per heavy atom. The first-order chi connectivity index (χ1) is 6.45. The van der Waals surface area contributed by atoms with Crippen molar-refractivity contribution in [2.75, 3.05) is 0 Å². The molecule has 0 aliphatic heterocycles. The molecular weight excluding hydrogens is 156 g/mol. The maximum Gasteiger partial charge on any atom is 0.0196 e. The van der Waals surface area contributed by atoms with Crippen molar-refractivity contribution in [3.63, 3.8) is 0 Å². The Kier molecular flexibility index (Phi) is 1.68. The van der Waals surface area contributed by atoms with Crippen LogP contribution in [0.5, 0.6) is 0 Å². The molecule has 2 unspecified atom stereocenters. The second-order valence-electron chi connectivity index (χ2n) is 4.47. The van der Waals surface area contributed by atoms with E-state index < -0.39 is 0 Å². The van der Waals surface area contributed by atoms with Crippen LogP contribution in [-0.2, 0) is 0 Å². The minimum atomic E-state index is 0.721. The van der Waals surface area contributed by atoms with Crippen LogP contribution in [0.2, 0.25) is 0 Å². The van der Waals surface area contributed by atoms with E-state index in [4.69, 9.17) is 0 Å². The zero-order valence-corrected chi connectivity index (χ0v) is 8.00. The van der Waals surface area contributed by atoms with Crippen LogP contribution in [0.15, 0.2) is 35.5 Å². The van der Waals surface area contributed by atoms with Gasteiger partial charge in [-0.15, -0.1) is 0 Å². The summed E-state index contributed by atoms with van der Waals surface area (Å²) in [4.78, 5) is 0. The summed E-state index contributed by atoms with van der Waals surface area (Å²) in [5.41, 5.74) is 3.42. The smallest absolute Gasteiger partial charge is 0.0196 e. The van der Waals surface area contributed by atoms with Gasteiger partial charge in [0.2, 0.25) is 0 Å². The predicted molar refractivity (Wildman–Crippen MR) is 55.4 cm³/mol. The van der Waals surface area contributed by atoms with E-state index in [9.17, 15) is 0 Å². The van der Waals surface area contributed by atoms with E-state index in [2.05, 4.69) is 24.3 Å². The fourth-order valence-corrected chi connectivity index (χ4v) is 3.08. The minimum Gasteiger partial charge on any atom is -0.0841 e. The first-order valence-electron chi connectivity index (χ1n) is 5.52. The van der Waals surface area contributed by atoms with Gasteiger partial charge >= 0.3 is 0 Å². The van der Waals surface area contributed by atoms with Gasteiger partial charge in [-0.25, -0.2) is 0 Å². The van der Waals surface area contributed by atoms with Crippen LogP contribution < -0.4 is 0 Å². The predicted octanol–water partition coefficient (Wildman–Crippen LogP) is 3.62. The lowest BCUT2D eigenvalue weighted by Crippen LogP contribution is -2.21. The first kappa shape index (κ1) is 7.61. The van der Waals surface area contributed by atoms with Gasteiger partial charge < -0.3 is 0 Å². The van der Waals surface area contributed by atoms with Crippen LogP contribution in [0.3, 0.4) is 0 Å². The van der Waals surface area contributed by atoms with Gasteiger partial charge in [0.1, 0.15) is 0 Å². The van der Waals surface area contributed by atoms with Crippen molar-refractivity contribution in [1.82, 2.24) is 0 Å². The van der Waals surface area contributed by atoms with E-state index in [0.29, 0.717) is 0 Å². The summed E-state index contributed by atoms with van der Waals surface area (Å²) in [6.07, 6.45) is 16.4. The molecule has 3 aliphatic carbocycles. The van der Waals surface area contributed by atoms with Gasteiger partial charge in [0, 0.05) is 5.92 Å². The highest BCUT2D eigenvalue weighted by atomic mass is 14.4. The lowest BCUT2D eigenvalue weighted by Gasteiger charge is -2.34. The lowest BCUT2D eigenvalue weighted by atomic mass is 9.71. The van der Waals surface area contributed by atoms with Crippen molar-refractivity contribution in [1.29, 1.82) is 0 Å². The van der Waals surface area contributed by atoms with E-state index in [0.717, 1.165) is 11.8 Å². The molecule has 1 saturated carbocycles. The topological polar surface area (TPSA) is 0 Å². The molecule has 3 aliphatic rings. The standard InChI is InChI=1S/C13H16/c1-2-6-12-10(4-1)8-9-11-5-3-7-13(11)12/h3,5-7,10,13H,1-2,4,8-9H2. The Morgan fingerprint density at radius 2 is 2.23 bits per heavy atom. The summed E-state index contributed by atoms with van der Waals surface area (Å²) < 4.78 is 0. The SMILES string of the molecule is C1=CC2C(=C1)CCC1CCCC=C12. The Hall–Kier alpha value is -0.780. The second-order valence-corrected chi connectivity index (χ2v) is 4.47. The Morgan fingerprint density at radius 3 is 3.23 bits per heavy atom. The molecule has 0 aromatic rings. The average Bonchev–Trinajstić information content (AvgIpc) is 2.65. The lowest BCUT2D eigenvalue weighted by molar-refractivity contribution is 0.417. The molecular formula is C13H16. The molecule has 0 bridgehead atoms. The largest absolute Gasteiger partial charge is 0.0841 e. The molecule has 0 N–H and O–H groups in total. The summed E-state index contributed by atoms with van der Waals surface area (Å²) in [7, 11) is 0. The summed E-state index contributed by atoms with van der Waals surface area (Å²) in [5, 5.41) is 0. The third-order valence-corrected chi connectivity index (χ3v) is 3.76. The molecule has 13 heavy (non-hydrogen) atoms. The molecule has 2 atom stereocenters. The van der Waals surface area contributed by atoms with Crippen molar-refractivity contribution in [3.8, 4) is 0 Å². The van der Waals surface area contributed by atoms with Crippen molar-refractivity contribution in [2.45, 2.75) is 32.1 Å². The first-order valence-corrected chi connectivity index (χ1v) is 5.52. The number of hydrogen-bond acceptors (Lipinski definition) is 0. The van der Waals surface area contributed by atoms with E-state index in [1.165, 1.54) is 32.1 Å². The van der Waals surface area contributed by atoms with Gasteiger partial charge in [0.25, 0.3) is 0 Å². The van der Waals surface area contributed by atoms with E-state index in [1.54, 1.807) is 11.1 Å². The highest BCUT2D eigenvalue weighted by Gasteiger charge is 2.31. The van der Waals surface area contributed by atoms with Gasteiger partial charge in [-0.1, -0.05) is 35.5 Å². The molecule has 1 fully saturated rings. The van der Waals surface area contributed by atoms with E-state index in [-0.39, 0.29) is 0 Å². The summed E-state index contributed by atoms with van der Waals surface area (Å²) in [6.45, 7) is 0. The van der Waals surface area contributed by atoms with Gasteiger partial charge in [-0.05, 0) is 38.0 Å². The van der Waals surface area contributed by atoms with Gasteiger partial charge in [-0.2, -0.15) is 0 Å². The van der Waals surface area contributed by atoms with E-state index >= 15 is 0 Å². The molecule has 0 spiro atoms. The maximum atomic E-state index is 2.52. The number of hydrogen-bond donors (Lipinski definition) is 0. The minimum absolute atomic E-state index is 0.721. The maximum absolute atomic E-state index is 2.52. The van der Waals surface area contributed by atoms with E-state index in [1.807, 2.05) is 0 Å². The number of rotatable bonds is 0. The molecule has 68 valence electrons. The molecule has 0 heterocycles. The van der Waals surface area contributed by atoms with Crippen LogP contribution in [-0.4, -0.2) is 0 Å². The Balaban J connectivity index is 1.97. The second kappa shape index (κ2) is 2.87. The summed E-state index contributed by atoms with van der Waals surface area (Å²) >= 11 is 0. The molecule has 0 nitrogen and oxygen atoms in total. The fourth-order valence-electron chi connectivity index (χ4n) is 3.08. The molecule has 0 saturated heterocycles. The third kappa shape index (κ3) is 1.12. The Bertz CT molecular complexity index is 304. The van der Waals surface area contributed by atoms with Crippen molar-refractivity contribution >= 4 is 0 Å². The zero-order valence-electron chi connectivity index (χ0n) is 8.00. The van der Waals surface area contributed by atoms with Crippen LogP contribution in [0.25, 0.3) is 0 Å². The molecule has 3 rings (SSSR count). The van der Waals surface area contributed by atoms with Crippen LogP contribution in [0.1, 0.15) is 32.1 Å². The molecule has 0 aromatic heterocycles. The van der Waals surface area contributed by atoms with Gasteiger partial charge in [-0.3, -0.25) is 0 Å². The van der Waals surface area contributed by atoms with Gasteiger partial charge in [0.05, 0.1) is 0 Å². The fraction of sp³-hybridized carbons (Fsp3) is 0.538. The number of fused-ring (bicyclic) bond motifs is 3. The quantitative estimate of drug-likeness (QED) is 0.489. The summed E-state index contributed by atoms with van der Waals surface area (Å²) in [5.74, 6) is 1.65. The molecule has 0 amide bonds. The summed E-state index contributed by atoms with van der Waals surface area (Å²) in [6, 6.07) is 0. The average molecular weight is 172 g/mol. The highest BCUT2D eigenvalue weighted by Crippen LogP contribution is 2.45. The van der Waals surface area contributed by atoms with Crippen LogP contribution in [0, 0.1) is 11.8 Å². The molecule has 0 heteroatoms. The van der Waals surface area contributed by atoms with Crippen molar-refractivity contribution in [2.24, 2.45) is 11.8 Å². The highest BCUT2D eigenvalue weighted by molar-refractivity contribution is 5.39. The van der Waals surface area contributed by atoms with Gasteiger partial charge in [0.15, 0.2) is 0 Å². The Labute approximate surface area is 80.0 Å². The van der Waals surface area contributed by atoms with Crippen molar-refractivity contribution in [3.05, 3.63) is 35.5 Å². The monoisotopic (exact) mass is 172 g/mol. The normalized spacial score (nSPS) is 36.3. The van der Waals surface area contributed by atoms with Crippen molar-refractivity contribution < 1.29 is 0 Å². The van der Waals surface area contributed by atoms with Crippen LogP contribution >= 0.6 is 0 Å². The van der Waals surface area contributed by atoms with Crippen LogP contribution in [0.4, 0.5) is 0 Å². The zero-order chi connectivity index (χ0) is 8.67.